The van der Waals surface area contributed by atoms with Gasteiger partial charge in [-0.05, 0) is 57.7 Å². The molecule has 140 valence electrons. The second-order valence-electron chi connectivity index (χ2n) is 7.52. The van der Waals surface area contributed by atoms with Crippen molar-refractivity contribution in [2.75, 3.05) is 6.54 Å². The molecular formula is C18H26F2N2O3. The zero-order chi connectivity index (χ0) is 18.8. The van der Waals surface area contributed by atoms with E-state index in [4.69, 9.17) is 10.5 Å². The van der Waals surface area contributed by atoms with Gasteiger partial charge in [0.1, 0.15) is 17.2 Å². The first-order valence-corrected chi connectivity index (χ1v) is 8.46. The smallest absolute Gasteiger partial charge is 0.410 e. The third-order valence-corrected chi connectivity index (χ3v) is 4.18. The lowest BCUT2D eigenvalue weighted by molar-refractivity contribution is 0.0198. The summed E-state index contributed by atoms with van der Waals surface area (Å²) in [4.78, 5) is 13.9. The molecule has 3 atom stereocenters. The summed E-state index contributed by atoms with van der Waals surface area (Å²) in [5, 5.41) is 10.3. The molecule has 7 heteroatoms. The molecule has 1 saturated heterocycles. The van der Waals surface area contributed by atoms with Gasteiger partial charge in [-0.2, -0.15) is 0 Å². The molecule has 3 N–H and O–H groups in total. The van der Waals surface area contributed by atoms with Gasteiger partial charge in [-0.25, -0.2) is 13.6 Å². The number of ether oxygens (including phenoxy) is 1. The van der Waals surface area contributed by atoms with E-state index >= 15 is 0 Å². The van der Waals surface area contributed by atoms with Crippen LogP contribution in [0.4, 0.5) is 13.6 Å². The second kappa shape index (κ2) is 7.66. The maximum absolute atomic E-state index is 13.3. The first kappa shape index (κ1) is 19.6. The Balaban J connectivity index is 2.03. The van der Waals surface area contributed by atoms with Gasteiger partial charge in [0, 0.05) is 24.7 Å². The quantitative estimate of drug-likeness (QED) is 0.869. The molecule has 1 heterocycles. The predicted molar refractivity (Wildman–Crippen MR) is 89.9 cm³/mol. The molecule has 25 heavy (non-hydrogen) atoms. The number of carbonyl (C=O) groups is 1. The van der Waals surface area contributed by atoms with Crippen LogP contribution in [0.25, 0.3) is 0 Å². The summed E-state index contributed by atoms with van der Waals surface area (Å²) < 4.78 is 32.0. The normalized spacial score (nSPS) is 20.4. The largest absolute Gasteiger partial charge is 0.444 e. The molecule has 0 saturated carbocycles. The lowest BCUT2D eigenvalue weighted by Crippen LogP contribution is -2.43. The Morgan fingerprint density at radius 3 is 2.52 bits per heavy atom. The summed E-state index contributed by atoms with van der Waals surface area (Å²) >= 11 is 0. The average Bonchev–Trinajstić information content (AvgIpc) is 2.91. The Labute approximate surface area is 146 Å². The van der Waals surface area contributed by atoms with Crippen LogP contribution in [-0.2, 0) is 4.74 Å². The summed E-state index contributed by atoms with van der Waals surface area (Å²) in [7, 11) is 0. The Morgan fingerprint density at radius 2 is 1.96 bits per heavy atom. The van der Waals surface area contributed by atoms with E-state index in [1.807, 2.05) is 0 Å². The maximum Gasteiger partial charge on any atom is 0.410 e. The van der Waals surface area contributed by atoms with E-state index in [0.29, 0.717) is 13.0 Å². The number of halogens is 2. The van der Waals surface area contributed by atoms with Crippen molar-refractivity contribution in [2.45, 2.75) is 63.8 Å². The third-order valence-electron chi connectivity index (χ3n) is 4.18. The van der Waals surface area contributed by atoms with Crippen LogP contribution in [0, 0.1) is 11.6 Å². The first-order chi connectivity index (χ1) is 11.6. The highest BCUT2D eigenvalue weighted by molar-refractivity contribution is 5.68. The number of benzene rings is 1. The van der Waals surface area contributed by atoms with Gasteiger partial charge >= 0.3 is 6.09 Å². The van der Waals surface area contributed by atoms with Gasteiger partial charge in [-0.3, -0.25) is 0 Å². The molecule has 1 fully saturated rings. The van der Waals surface area contributed by atoms with Crippen LogP contribution in [0.15, 0.2) is 18.2 Å². The SMILES string of the molecule is CC(C)(C)OC(=O)N1CCC[C@@H]1CC(N)C(O)c1cc(F)cc(F)c1. The highest BCUT2D eigenvalue weighted by atomic mass is 19.1. The lowest BCUT2D eigenvalue weighted by atomic mass is 9.96. The van der Waals surface area contributed by atoms with E-state index in [1.54, 1.807) is 25.7 Å². The number of carbonyl (C=O) groups excluding carboxylic acids is 1. The van der Waals surface area contributed by atoms with Crippen LogP contribution >= 0.6 is 0 Å². The number of nitrogens with zero attached hydrogens (tertiary/aromatic N) is 1. The predicted octanol–water partition coefficient (Wildman–Crippen LogP) is 3.12. The van der Waals surface area contributed by atoms with Crippen LogP contribution in [0.2, 0.25) is 0 Å². The number of likely N-dealkylation sites (tertiary alicyclic amines) is 1. The number of hydrogen-bond acceptors (Lipinski definition) is 4. The standard InChI is InChI=1S/C18H26F2N2O3/c1-18(2,3)25-17(24)22-6-4-5-14(22)10-15(21)16(23)11-7-12(19)9-13(20)8-11/h7-9,14-16,23H,4-6,10,21H2,1-3H3/t14-,15?,16?/m1/s1. The minimum absolute atomic E-state index is 0.0896. The number of hydrogen-bond donors (Lipinski definition) is 2. The molecule has 1 aliphatic heterocycles. The second-order valence-corrected chi connectivity index (χ2v) is 7.52. The van der Waals surface area contributed by atoms with Gasteiger partial charge in [-0.1, -0.05) is 0 Å². The zero-order valence-corrected chi connectivity index (χ0v) is 14.8. The zero-order valence-electron chi connectivity index (χ0n) is 14.8. The molecule has 0 radical (unpaired) electrons. The van der Waals surface area contributed by atoms with Crippen molar-refractivity contribution < 1.29 is 23.4 Å². The molecule has 5 nitrogen and oxygen atoms in total. The minimum atomic E-state index is -1.22. The van der Waals surface area contributed by atoms with Gasteiger partial charge in [0.25, 0.3) is 0 Å². The summed E-state index contributed by atoms with van der Waals surface area (Å²) in [6.45, 7) is 5.95. The molecule has 1 aromatic rings. The fraction of sp³-hybridized carbons (Fsp3) is 0.611. The van der Waals surface area contributed by atoms with Crippen LogP contribution in [0.3, 0.4) is 0 Å². The van der Waals surface area contributed by atoms with Crippen molar-refractivity contribution in [2.24, 2.45) is 5.73 Å². The van der Waals surface area contributed by atoms with Crippen LogP contribution < -0.4 is 5.73 Å². The maximum atomic E-state index is 13.3. The van der Waals surface area contributed by atoms with Crippen molar-refractivity contribution in [3.8, 4) is 0 Å². The van der Waals surface area contributed by atoms with Crippen LogP contribution in [-0.4, -0.2) is 40.3 Å². The fourth-order valence-electron chi connectivity index (χ4n) is 3.08. The van der Waals surface area contributed by atoms with E-state index in [0.717, 1.165) is 31.0 Å². The van der Waals surface area contributed by atoms with Crippen molar-refractivity contribution in [3.63, 3.8) is 0 Å². The topological polar surface area (TPSA) is 75.8 Å². The summed E-state index contributed by atoms with van der Waals surface area (Å²) in [6.07, 6.45) is 0.261. The molecule has 0 spiro atoms. The highest BCUT2D eigenvalue weighted by Gasteiger charge is 2.34. The molecule has 0 aromatic heterocycles. The van der Waals surface area contributed by atoms with Crippen molar-refractivity contribution in [1.29, 1.82) is 0 Å². The van der Waals surface area contributed by atoms with Gasteiger partial charge in [0.05, 0.1) is 6.10 Å². The van der Waals surface area contributed by atoms with Gasteiger partial charge in [0.2, 0.25) is 0 Å². The molecule has 2 rings (SSSR count). The molecule has 1 aliphatic rings. The van der Waals surface area contributed by atoms with Crippen molar-refractivity contribution in [1.82, 2.24) is 4.90 Å². The van der Waals surface area contributed by atoms with Gasteiger partial charge < -0.3 is 20.5 Å². The third kappa shape index (κ3) is 5.37. The Bertz CT molecular complexity index is 599. The van der Waals surface area contributed by atoms with E-state index in [1.165, 1.54) is 0 Å². The van der Waals surface area contributed by atoms with E-state index in [-0.39, 0.29) is 11.6 Å². The number of rotatable bonds is 4. The summed E-state index contributed by atoms with van der Waals surface area (Å²) in [6, 6.07) is 1.94. The van der Waals surface area contributed by atoms with E-state index in [9.17, 15) is 18.7 Å². The van der Waals surface area contributed by atoms with E-state index in [2.05, 4.69) is 0 Å². The summed E-state index contributed by atoms with van der Waals surface area (Å²) in [5.74, 6) is -1.53. The summed E-state index contributed by atoms with van der Waals surface area (Å²) in [5.41, 5.74) is 5.54. The molecule has 2 unspecified atom stereocenters. The number of aliphatic hydroxyl groups is 1. The molecule has 0 bridgehead atoms. The number of aliphatic hydroxyl groups excluding tert-OH is 1. The monoisotopic (exact) mass is 356 g/mol. The van der Waals surface area contributed by atoms with Crippen molar-refractivity contribution in [3.05, 3.63) is 35.4 Å². The number of nitrogens with two attached hydrogens (primary N) is 1. The minimum Gasteiger partial charge on any atom is -0.444 e. The molecule has 0 aliphatic carbocycles. The Kier molecular flexibility index (Phi) is 6.00. The highest BCUT2D eigenvalue weighted by Crippen LogP contribution is 2.27. The average molecular weight is 356 g/mol. The Hall–Kier alpha value is -1.73. The molecule has 1 aromatic carbocycles. The Morgan fingerprint density at radius 1 is 1.36 bits per heavy atom. The molecule has 1 amide bonds. The molecular weight excluding hydrogens is 330 g/mol. The van der Waals surface area contributed by atoms with Crippen LogP contribution in [0.1, 0.15) is 51.7 Å². The van der Waals surface area contributed by atoms with E-state index < -0.39 is 35.5 Å². The van der Waals surface area contributed by atoms with Crippen LogP contribution in [0.5, 0.6) is 0 Å². The lowest BCUT2D eigenvalue weighted by Gasteiger charge is -2.31. The van der Waals surface area contributed by atoms with Gasteiger partial charge in [0.15, 0.2) is 0 Å². The van der Waals surface area contributed by atoms with Gasteiger partial charge in [-0.15, -0.1) is 0 Å². The first-order valence-electron chi connectivity index (χ1n) is 8.46. The van der Waals surface area contributed by atoms with Crippen molar-refractivity contribution >= 4 is 6.09 Å². The number of amides is 1. The fourth-order valence-corrected chi connectivity index (χ4v) is 3.08.